The molecule has 1 aromatic rings. The highest BCUT2D eigenvalue weighted by atomic mass is 32.2. The summed E-state index contributed by atoms with van der Waals surface area (Å²) in [6.45, 7) is 2.72. The lowest BCUT2D eigenvalue weighted by atomic mass is 10.5. The van der Waals surface area contributed by atoms with Crippen molar-refractivity contribution in [2.75, 3.05) is 19.3 Å². The molecule has 0 aliphatic carbocycles. The molecule has 0 saturated heterocycles. The standard InChI is InChI=1S/C8H13N3OS/c1-6-5-7(12)11-8(10-6)13-4-3-9-2/h5,9H,3-4H2,1-2H3,(H,10,11,12). The van der Waals surface area contributed by atoms with Crippen LogP contribution in [0.4, 0.5) is 0 Å². The van der Waals surface area contributed by atoms with Crippen molar-refractivity contribution >= 4 is 11.8 Å². The summed E-state index contributed by atoms with van der Waals surface area (Å²) in [6, 6.07) is 1.49. The van der Waals surface area contributed by atoms with Crippen molar-refractivity contribution < 1.29 is 0 Å². The van der Waals surface area contributed by atoms with Gasteiger partial charge >= 0.3 is 0 Å². The molecule has 0 radical (unpaired) electrons. The van der Waals surface area contributed by atoms with Crippen LogP contribution in [0.2, 0.25) is 0 Å². The zero-order chi connectivity index (χ0) is 9.68. The quantitative estimate of drug-likeness (QED) is 0.418. The molecule has 0 bridgehead atoms. The molecule has 1 aromatic heterocycles. The summed E-state index contributed by atoms with van der Waals surface area (Å²) in [6.07, 6.45) is 0. The van der Waals surface area contributed by atoms with Crippen molar-refractivity contribution in [3.8, 4) is 0 Å². The number of H-pyrrole nitrogens is 1. The maximum absolute atomic E-state index is 11.0. The van der Waals surface area contributed by atoms with Gasteiger partial charge in [0, 0.05) is 24.1 Å². The fourth-order valence-electron chi connectivity index (χ4n) is 0.870. The minimum Gasteiger partial charge on any atom is -0.319 e. The Balaban J connectivity index is 2.61. The van der Waals surface area contributed by atoms with E-state index in [0.29, 0.717) is 5.16 Å². The summed E-state index contributed by atoms with van der Waals surface area (Å²) in [5, 5.41) is 3.72. The molecule has 0 spiro atoms. The first-order valence-corrected chi connectivity index (χ1v) is 5.06. The van der Waals surface area contributed by atoms with Gasteiger partial charge in [0.25, 0.3) is 5.56 Å². The van der Waals surface area contributed by atoms with E-state index in [2.05, 4.69) is 15.3 Å². The summed E-state index contributed by atoms with van der Waals surface area (Å²) in [4.78, 5) is 17.9. The number of aryl methyl sites for hydroxylation is 1. The normalized spacial score (nSPS) is 10.3. The molecule has 0 unspecified atom stereocenters. The van der Waals surface area contributed by atoms with E-state index in [1.807, 2.05) is 14.0 Å². The van der Waals surface area contributed by atoms with E-state index in [0.717, 1.165) is 18.0 Å². The number of nitrogens with one attached hydrogen (secondary N) is 2. The molecular weight excluding hydrogens is 186 g/mol. The molecular formula is C8H13N3OS. The molecule has 5 heteroatoms. The van der Waals surface area contributed by atoms with Gasteiger partial charge in [-0.15, -0.1) is 0 Å². The van der Waals surface area contributed by atoms with Gasteiger partial charge in [-0.2, -0.15) is 0 Å². The Bertz CT molecular complexity index is 323. The van der Waals surface area contributed by atoms with Crippen LogP contribution < -0.4 is 10.9 Å². The van der Waals surface area contributed by atoms with Crippen molar-refractivity contribution in [3.63, 3.8) is 0 Å². The van der Waals surface area contributed by atoms with Crippen molar-refractivity contribution in [2.45, 2.75) is 12.1 Å². The molecule has 1 heterocycles. The third kappa shape index (κ3) is 3.61. The minimum atomic E-state index is -0.0838. The molecule has 0 saturated carbocycles. The molecule has 0 fully saturated rings. The lowest BCUT2D eigenvalue weighted by Crippen LogP contribution is -2.12. The van der Waals surface area contributed by atoms with E-state index < -0.39 is 0 Å². The lowest BCUT2D eigenvalue weighted by molar-refractivity contribution is 0.861. The molecule has 13 heavy (non-hydrogen) atoms. The van der Waals surface area contributed by atoms with Crippen LogP contribution in [-0.2, 0) is 0 Å². The first-order valence-electron chi connectivity index (χ1n) is 4.08. The Hall–Kier alpha value is -0.810. The first-order chi connectivity index (χ1) is 6.22. The van der Waals surface area contributed by atoms with Gasteiger partial charge in [-0.25, -0.2) is 4.98 Å². The third-order valence-electron chi connectivity index (χ3n) is 1.44. The minimum absolute atomic E-state index is 0.0838. The summed E-state index contributed by atoms with van der Waals surface area (Å²) in [5.41, 5.74) is 0.676. The van der Waals surface area contributed by atoms with Crippen LogP contribution in [0, 0.1) is 6.92 Å². The van der Waals surface area contributed by atoms with Crippen molar-refractivity contribution in [2.24, 2.45) is 0 Å². The van der Waals surface area contributed by atoms with Gasteiger partial charge in [0.15, 0.2) is 5.16 Å². The molecule has 2 N–H and O–H groups in total. The number of hydrogen-bond acceptors (Lipinski definition) is 4. The van der Waals surface area contributed by atoms with Crippen LogP contribution in [0.25, 0.3) is 0 Å². The lowest BCUT2D eigenvalue weighted by Gasteiger charge is -2.00. The van der Waals surface area contributed by atoms with Crippen LogP contribution >= 0.6 is 11.8 Å². The van der Waals surface area contributed by atoms with Gasteiger partial charge in [0.05, 0.1) is 0 Å². The van der Waals surface area contributed by atoms with Gasteiger partial charge in [-0.3, -0.25) is 4.79 Å². The van der Waals surface area contributed by atoms with E-state index in [9.17, 15) is 4.79 Å². The molecule has 0 aliphatic heterocycles. The van der Waals surface area contributed by atoms with E-state index >= 15 is 0 Å². The largest absolute Gasteiger partial charge is 0.319 e. The number of aromatic nitrogens is 2. The molecule has 0 aromatic carbocycles. The van der Waals surface area contributed by atoms with E-state index in [-0.39, 0.29) is 5.56 Å². The molecule has 72 valence electrons. The average Bonchev–Trinajstić information content (AvgIpc) is 2.03. The van der Waals surface area contributed by atoms with E-state index in [4.69, 9.17) is 0 Å². The van der Waals surface area contributed by atoms with Gasteiger partial charge in [-0.1, -0.05) is 11.8 Å². The smallest absolute Gasteiger partial charge is 0.251 e. The second-order valence-corrected chi connectivity index (χ2v) is 3.73. The van der Waals surface area contributed by atoms with Gasteiger partial charge in [-0.05, 0) is 14.0 Å². The SMILES string of the molecule is CNCCSc1nc(C)cc(=O)[nH]1. The fourth-order valence-corrected chi connectivity index (χ4v) is 1.75. The van der Waals surface area contributed by atoms with Gasteiger partial charge < -0.3 is 10.3 Å². The van der Waals surface area contributed by atoms with Crippen molar-refractivity contribution in [1.29, 1.82) is 0 Å². The highest BCUT2D eigenvalue weighted by Gasteiger charge is 1.97. The average molecular weight is 199 g/mol. The maximum atomic E-state index is 11.0. The number of rotatable bonds is 4. The highest BCUT2D eigenvalue weighted by molar-refractivity contribution is 7.99. The van der Waals surface area contributed by atoms with Crippen molar-refractivity contribution in [1.82, 2.24) is 15.3 Å². The zero-order valence-corrected chi connectivity index (χ0v) is 8.57. The Morgan fingerprint density at radius 3 is 3.08 bits per heavy atom. The molecule has 0 amide bonds. The van der Waals surface area contributed by atoms with Crippen LogP contribution in [0.1, 0.15) is 5.69 Å². The summed E-state index contributed by atoms with van der Waals surface area (Å²) in [7, 11) is 1.90. The fraction of sp³-hybridized carbons (Fsp3) is 0.500. The monoisotopic (exact) mass is 199 g/mol. The Labute approximate surface area is 81.2 Å². The van der Waals surface area contributed by atoms with Crippen LogP contribution in [0.5, 0.6) is 0 Å². The first kappa shape index (κ1) is 10.3. The highest BCUT2D eigenvalue weighted by Crippen LogP contribution is 2.09. The molecule has 0 aliphatic rings. The number of nitrogens with zero attached hydrogens (tertiary/aromatic N) is 1. The number of hydrogen-bond donors (Lipinski definition) is 2. The molecule has 4 nitrogen and oxygen atoms in total. The predicted molar refractivity (Wildman–Crippen MR) is 54.2 cm³/mol. The predicted octanol–water partition coefficient (Wildman–Crippen LogP) is 0.390. The van der Waals surface area contributed by atoms with Crippen LogP contribution in [-0.4, -0.2) is 29.3 Å². The summed E-state index contributed by atoms with van der Waals surface area (Å²) in [5.74, 6) is 0.906. The third-order valence-corrected chi connectivity index (χ3v) is 2.31. The van der Waals surface area contributed by atoms with E-state index in [1.165, 1.54) is 6.07 Å². The zero-order valence-electron chi connectivity index (χ0n) is 7.76. The number of thioether (sulfide) groups is 1. The summed E-state index contributed by atoms with van der Waals surface area (Å²) < 4.78 is 0. The van der Waals surface area contributed by atoms with Crippen LogP contribution in [0.15, 0.2) is 16.0 Å². The van der Waals surface area contributed by atoms with Crippen molar-refractivity contribution in [3.05, 3.63) is 22.1 Å². The van der Waals surface area contributed by atoms with Crippen LogP contribution in [0.3, 0.4) is 0 Å². The second kappa shape index (κ2) is 5.04. The Morgan fingerprint density at radius 1 is 1.69 bits per heavy atom. The summed E-state index contributed by atoms with van der Waals surface area (Å²) >= 11 is 1.54. The number of aromatic amines is 1. The molecule has 1 rings (SSSR count). The molecule has 0 atom stereocenters. The van der Waals surface area contributed by atoms with E-state index in [1.54, 1.807) is 11.8 Å². The topological polar surface area (TPSA) is 57.8 Å². The Morgan fingerprint density at radius 2 is 2.46 bits per heavy atom. The Kier molecular flexibility index (Phi) is 3.98. The second-order valence-electron chi connectivity index (χ2n) is 2.64. The van der Waals surface area contributed by atoms with Gasteiger partial charge in [0.2, 0.25) is 0 Å². The maximum Gasteiger partial charge on any atom is 0.251 e. The van der Waals surface area contributed by atoms with Gasteiger partial charge in [0.1, 0.15) is 0 Å².